The van der Waals surface area contributed by atoms with Gasteiger partial charge in [-0.15, -0.1) is 0 Å². The lowest BCUT2D eigenvalue weighted by atomic mass is 9.77. The number of amides is 1. The van der Waals surface area contributed by atoms with Gasteiger partial charge in [0.05, 0.1) is 12.0 Å². The number of hydrogen-bond acceptors (Lipinski definition) is 4. The maximum atomic E-state index is 11.9. The minimum absolute atomic E-state index is 0.0599. The molecule has 2 N–H and O–H groups in total. The van der Waals surface area contributed by atoms with Gasteiger partial charge < -0.3 is 14.8 Å². The van der Waals surface area contributed by atoms with E-state index in [4.69, 9.17) is 14.3 Å². The number of piperidine rings is 1. The molecule has 6 nitrogen and oxygen atoms in total. The molecule has 1 aromatic heterocycles. The lowest BCUT2D eigenvalue weighted by Gasteiger charge is -2.36. The van der Waals surface area contributed by atoms with Gasteiger partial charge in [0.25, 0.3) is 0 Å². The zero-order valence-electron chi connectivity index (χ0n) is 13.9. The number of carboxylic acid groups (broad SMARTS) is 1. The molecule has 1 spiro atoms. The molecule has 0 unspecified atom stereocenters. The average molecular weight is 362 g/mol. The van der Waals surface area contributed by atoms with Crippen molar-refractivity contribution in [2.75, 3.05) is 19.6 Å². The van der Waals surface area contributed by atoms with Crippen molar-refractivity contribution in [3.63, 3.8) is 0 Å². The average Bonchev–Trinajstić information content (AvgIpc) is 3.08. The van der Waals surface area contributed by atoms with Gasteiger partial charge in [-0.1, -0.05) is 0 Å². The van der Waals surface area contributed by atoms with Crippen LogP contribution in [0.1, 0.15) is 30.8 Å². The first-order valence-electron chi connectivity index (χ1n) is 7.98. The molecule has 2 aliphatic heterocycles. The number of aliphatic carboxylic acids is 1. The van der Waals surface area contributed by atoms with Crippen molar-refractivity contribution in [2.24, 2.45) is 5.41 Å². The summed E-state index contributed by atoms with van der Waals surface area (Å²) in [6.45, 7) is 5.68. The zero-order valence-corrected chi connectivity index (χ0v) is 13.9. The SMILES string of the molecule is Cc1ccc(CN2CCC3(CCNC3=O)CC2)o1.O=C(O)C(F)(F)F. The quantitative estimate of drug-likeness (QED) is 0.844. The first-order chi connectivity index (χ1) is 11.6. The Labute approximate surface area is 143 Å². The van der Waals surface area contributed by atoms with Crippen molar-refractivity contribution in [1.29, 1.82) is 0 Å². The fraction of sp³-hybridized carbons (Fsp3) is 0.625. The van der Waals surface area contributed by atoms with E-state index in [0.717, 1.165) is 57.0 Å². The molecule has 0 aromatic carbocycles. The minimum atomic E-state index is -5.08. The van der Waals surface area contributed by atoms with Gasteiger partial charge >= 0.3 is 12.1 Å². The van der Waals surface area contributed by atoms with Crippen LogP contribution >= 0.6 is 0 Å². The molecule has 1 amide bonds. The number of hydrogen-bond donors (Lipinski definition) is 2. The molecular weight excluding hydrogens is 341 g/mol. The Morgan fingerprint density at radius 1 is 1.32 bits per heavy atom. The predicted octanol–water partition coefficient (Wildman–Crippen LogP) is 2.32. The summed E-state index contributed by atoms with van der Waals surface area (Å²) in [5.74, 6) is -0.489. The maximum absolute atomic E-state index is 11.9. The molecule has 0 saturated carbocycles. The number of likely N-dealkylation sites (tertiary alicyclic amines) is 1. The van der Waals surface area contributed by atoms with Crippen molar-refractivity contribution >= 4 is 11.9 Å². The van der Waals surface area contributed by atoms with Crippen molar-refractivity contribution in [2.45, 2.75) is 38.9 Å². The van der Waals surface area contributed by atoms with Gasteiger partial charge in [-0.25, -0.2) is 4.79 Å². The summed E-state index contributed by atoms with van der Waals surface area (Å²) in [7, 11) is 0. The fourth-order valence-electron chi connectivity index (χ4n) is 3.12. The van der Waals surface area contributed by atoms with E-state index >= 15 is 0 Å². The van der Waals surface area contributed by atoms with Crippen molar-refractivity contribution < 1.29 is 32.3 Å². The molecule has 25 heavy (non-hydrogen) atoms. The van der Waals surface area contributed by atoms with Gasteiger partial charge in [0.2, 0.25) is 5.91 Å². The Kier molecular flexibility index (Phi) is 5.76. The summed E-state index contributed by atoms with van der Waals surface area (Å²) < 4.78 is 37.3. The summed E-state index contributed by atoms with van der Waals surface area (Å²) in [4.78, 5) is 23.2. The van der Waals surface area contributed by atoms with Crippen LogP contribution in [0.15, 0.2) is 16.5 Å². The molecule has 2 fully saturated rings. The Bertz CT molecular complexity index is 619. The third kappa shape index (κ3) is 4.97. The number of nitrogens with zero attached hydrogens (tertiary/aromatic N) is 1. The Balaban J connectivity index is 0.000000277. The minimum Gasteiger partial charge on any atom is -0.475 e. The zero-order chi connectivity index (χ0) is 18.7. The summed E-state index contributed by atoms with van der Waals surface area (Å²) in [6.07, 6.45) is -2.10. The highest BCUT2D eigenvalue weighted by atomic mass is 19.4. The molecule has 9 heteroatoms. The highest BCUT2D eigenvalue weighted by Gasteiger charge is 2.44. The van der Waals surface area contributed by atoms with Gasteiger partial charge in [0.1, 0.15) is 11.5 Å². The van der Waals surface area contributed by atoms with E-state index in [1.807, 2.05) is 19.1 Å². The van der Waals surface area contributed by atoms with Crippen molar-refractivity contribution in [1.82, 2.24) is 10.2 Å². The molecule has 0 aliphatic carbocycles. The van der Waals surface area contributed by atoms with E-state index in [-0.39, 0.29) is 11.3 Å². The van der Waals surface area contributed by atoms with E-state index in [2.05, 4.69) is 10.2 Å². The summed E-state index contributed by atoms with van der Waals surface area (Å²) in [5.41, 5.74) is -0.0599. The lowest BCUT2D eigenvalue weighted by molar-refractivity contribution is -0.192. The summed E-state index contributed by atoms with van der Waals surface area (Å²) in [6, 6.07) is 4.05. The standard InChI is InChI=1S/C14H20N2O2.C2HF3O2/c1-11-2-3-12(18-11)10-16-8-5-14(6-9-16)4-7-15-13(14)17;3-2(4,5)1(6)7/h2-3H,4-10H2,1H3,(H,15,17);(H,6,7). The highest BCUT2D eigenvalue weighted by molar-refractivity contribution is 5.84. The molecule has 3 heterocycles. The second-order valence-electron chi connectivity index (χ2n) is 6.38. The van der Waals surface area contributed by atoms with E-state index < -0.39 is 12.1 Å². The Morgan fingerprint density at radius 2 is 1.92 bits per heavy atom. The van der Waals surface area contributed by atoms with Crippen LogP contribution < -0.4 is 5.32 Å². The topological polar surface area (TPSA) is 82.8 Å². The lowest BCUT2D eigenvalue weighted by Crippen LogP contribution is -2.43. The summed E-state index contributed by atoms with van der Waals surface area (Å²) in [5, 5.41) is 10.1. The molecule has 140 valence electrons. The first kappa shape index (κ1) is 19.3. The largest absolute Gasteiger partial charge is 0.490 e. The number of rotatable bonds is 2. The number of halogens is 3. The van der Waals surface area contributed by atoms with E-state index in [1.54, 1.807) is 0 Å². The third-order valence-electron chi connectivity index (χ3n) is 4.60. The fourth-order valence-corrected chi connectivity index (χ4v) is 3.12. The van der Waals surface area contributed by atoms with Gasteiger partial charge in [-0.05, 0) is 51.4 Å². The molecule has 2 aliphatic rings. The second-order valence-corrected chi connectivity index (χ2v) is 6.38. The van der Waals surface area contributed by atoms with Crippen molar-refractivity contribution in [3.8, 4) is 0 Å². The molecule has 3 rings (SSSR count). The monoisotopic (exact) mass is 362 g/mol. The van der Waals surface area contributed by atoms with Crippen LogP contribution in [0.4, 0.5) is 13.2 Å². The highest BCUT2D eigenvalue weighted by Crippen LogP contribution is 2.38. The van der Waals surface area contributed by atoms with Gasteiger partial charge in [-0.3, -0.25) is 9.69 Å². The van der Waals surface area contributed by atoms with E-state index in [1.165, 1.54) is 0 Å². The maximum Gasteiger partial charge on any atom is 0.490 e. The molecule has 0 atom stereocenters. The number of aryl methyl sites for hydroxylation is 1. The van der Waals surface area contributed by atoms with Gasteiger partial charge in [-0.2, -0.15) is 13.2 Å². The van der Waals surface area contributed by atoms with Crippen LogP contribution in [-0.2, 0) is 16.1 Å². The number of carboxylic acids is 1. The molecule has 0 bridgehead atoms. The summed E-state index contributed by atoms with van der Waals surface area (Å²) >= 11 is 0. The van der Waals surface area contributed by atoms with E-state index in [0.29, 0.717) is 0 Å². The predicted molar refractivity (Wildman–Crippen MR) is 81.7 cm³/mol. The van der Waals surface area contributed by atoms with Gasteiger partial charge in [0.15, 0.2) is 0 Å². The molecule has 0 radical (unpaired) electrons. The second kappa shape index (κ2) is 7.47. The Hall–Kier alpha value is -2.03. The molecule has 1 aromatic rings. The van der Waals surface area contributed by atoms with E-state index in [9.17, 15) is 18.0 Å². The van der Waals surface area contributed by atoms with Crippen LogP contribution in [0.25, 0.3) is 0 Å². The van der Waals surface area contributed by atoms with Crippen molar-refractivity contribution in [3.05, 3.63) is 23.7 Å². The number of nitrogens with one attached hydrogen (secondary N) is 1. The smallest absolute Gasteiger partial charge is 0.475 e. The number of alkyl halides is 3. The first-order valence-corrected chi connectivity index (χ1v) is 7.98. The third-order valence-corrected chi connectivity index (χ3v) is 4.60. The van der Waals surface area contributed by atoms with Gasteiger partial charge in [0, 0.05) is 6.54 Å². The normalized spacial score (nSPS) is 20.1. The van der Waals surface area contributed by atoms with Crippen LogP contribution in [0.2, 0.25) is 0 Å². The van der Waals surface area contributed by atoms with Crippen LogP contribution in [0.5, 0.6) is 0 Å². The molecule has 2 saturated heterocycles. The number of carbonyl (C=O) groups is 2. The van der Waals surface area contributed by atoms with Crippen LogP contribution in [0, 0.1) is 12.3 Å². The van der Waals surface area contributed by atoms with Crippen LogP contribution in [-0.4, -0.2) is 47.7 Å². The Morgan fingerprint density at radius 3 is 2.32 bits per heavy atom. The number of furan rings is 1. The molecular formula is C16H21F3N2O4. The number of carbonyl (C=O) groups excluding carboxylic acids is 1. The van der Waals surface area contributed by atoms with Crippen LogP contribution in [0.3, 0.4) is 0 Å².